The first kappa shape index (κ1) is 13.3. The average Bonchev–Trinajstić information content (AvgIpc) is 2.10. The molecule has 0 N–H and O–H groups in total. The van der Waals surface area contributed by atoms with E-state index in [2.05, 4.69) is 4.74 Å². The summed E-state index contributed by atoms with van der Waals surface area (Å²) in [6.45, 7) is -1.97. The van der Waals surface area contributed by atoms with Crippen molar-refractivity contribution >= 4 is 11.9 Å². The topological polar surface area (TPSA) is 46.6 Å². The number of nitrogens with zero attached hydrogens (tertiary/aromatic N) is 1. The second kappa shape index (κ2) is 5.24. The smallest absolute Gasteiger partial charge is 0.406 e. The molecule has 1 amide bonds. The molecule has 0 unspecified atom stereocenters. The standard InChI is InChI=1S/C8H8F3NO3/c1-3-4-15-7(14)6(13)12(2)5-8(9,10)11/h1H,4-5H2,2H3. The second-order valence-electron chi connectivity index (χ2n) is 2.56. The number of halogens is 3. The summed E-state index contributed by atoms with van der Waals surface area (Å²) < 4.78 is 39.6. The van der Waals surface area contributed by atoms with Gasteiger partial charge in [0.15, 0.2) is 6.61 Å². The number of esters is 1. The number of rotatable bonds is 2. The Kier molecular flexibility index (Phi) is 4.64. The van der Waals surface area contributed by atoms with E-state index in [0.717, 1.165) is 7.05 Å². The lowest BCUT2D eigenvalue weighted by molar-refractivity contribution is -0.169. The van der Waals surface area contributed by atoms with Crippen molar-refractivity contribution in [1.82, 2.24) is 4.90 Å². The number of hydrogen-bond acceptors (Lipinski definition) is 3. The molecule has 0 fully saturated rings. The van der Waals surface area contributed by atoms with Crippen LogP contribution >= 0.6 is 0 Å². The lowest BCUT2D eigenvalue weighted by atomic mass is 10.5. The van der Waals surface area contributed by atoms with Gasteiger partial charge in [0.25, 0.3) is 0 Å². The van der Waals surface area contributed by atoms with Crippen molar-refractivity contribution < 1.29 is 27.5 Å². The van der Waals surface area contributed by atoms with E-state index in [0.29, 0.717) is 0 Å². The highest BCUT2D eigenvalue weighted by molar-refractivity contribution is 6.32. The van der Waals surface area contributed by atoms with Gasteiger partial charge in [0, 0.05) is 7.05 Å². The number of carbonyl (C=O) groups is 2. The molecule has 0 saturated heterocycles. The highest BCUT2D eigenvalue weighted by Gasteiger charge is 2.33. The summed E-state index contributed by atoms with van der Waals surface area (Å²) in [6.07, 6.45) is 0.164. The van der Waals surface area contributed by atoms with Crippen molar-refractivity contribution in [2.45, 2.75) is 6.18 Å². The molecule has 15 heavy (non-hydrogen) atoms. The number of ether oxygens (including phenoxy) is 1. The first-order valence-electron chi connectivity index (χ1n) is 3.70. The molecule has 0 saturated carbocycles. The van der Waals surface area contributed by atoms with Crippen molar-refractivity contribution in [1.29, 1.82) is 0 Å². The number of hydrogen-bond donors (Lipinski definition) is 0. The van der Waals surface area contributed by atoms with Crippen molar-refractivity contribution in [3.8, 4) is 12.3 Å². The Hall–Kier alpha value is -1.71. The molecule has 0 aromatic carbocycles. The fourth-order valence-electron chi connectivity index (χ4n) is 0.666. The van der Waals surface area contributed by atoms with Crippen LogP contribution in [0.5, 0.6) is 0 Å². The molecule has 0 spiro atoms. The molecule has 0 radical (unpaired) electrons. The summed E-state index contributed by atoms with van der Waals surface area (Å²) in [5.74, 6) is -0.885. The van der Waals surface area contributed by atoms with Crippen molar-refractivity contribution in [2.75, 3.05) is 20.2 Å². The van der Waals surface area contributed by atoms with E-state index in [1.54, 1.807) is 0 Å². The SMILES string of the molecule is C#CCOC(=O)C(=O)N(C)CC(F)(F)F. The lowest BCUT2D eigenvalue weighted by Gasteiger charge is -2.17. The summed E-state index contributed by atoms with van der Waals surface area (Å²) in [6, 6.07) is 0. The first-order chi connectivity index (χ1) is 6.78. The van der Waals surface area contributed by atoms with Crippen LogP contribution in [0.1, 0.15) is 0 Å². The van der Waals surface area contributed by atoms with Gasteiger partial charge in [-0.3, -0.25) is 4.79 Å². The van der Waals surface area contributed by atoms with Gasteiger partial charge in [0.2, 0.25) is 0 Å². The lowest BCUT2D eigenvalue weighted by Crippen LogP contribution is -2.40. The molecule has 84 valence electrons. The van der Waals surface area contributed by atoms with E-state index >= 15 is 0 Å². The largest absolute Gasteiger partial charge is 0.445 e. The first-order valence-corrected chi connectivity index (χ1v) is 3.70. The van der Waals surface area contributed by atoms with Crippen LogP contribution in [-0.4, -0.2) is 43.2 Å². The Labute approximate surface area is 84.0 Å². The fraction of sp³-hybridized carbons (Fsp3) is 0.500. The molecule has 0 atom stereocenters. The Morgan fingerprint density at radius 2 is 2.00 bits per heavy atom. The number of amides is 1. The second-order valence-corrected chi connectivity index (χ2v) is 2.56. The Balaban J connectivity index is 4.21. The monoisotopic (exact) mass is 223 g/mol. The van der Waals surface area contributed by atoms with Crippen LogP contribution in [0, 0.1) is 12.3 Å². The molecule has 0 rings (SSSR count). The number of likely N-dealkylation sites (N-methyl/N-ethyl adjacent to an activating group) is 1. The van der Waals surface area contributed by atoms with E-state index in [1.165, 1.54) is 0 Å². The van der Waals surface area contributed by atoms with Gasteiger partial charge < -0.3 is 9.64 Å². The van der Waals surface area contributed by atoms with E-state index < -0.39 is 31.2 Å². The molecular weight excluding hydrogens is 215 g/mol. The van der Waals surface area contributed by atoms with Gasteiger partial charge in [-0.15, -0.1) is 6.42 Å². The number of carbonyl (C=O) groups excluding carboxylic acids is 2. The molecule has 0 heterocycles. The third-order valence-corrected chi connectivity index (χ3v) is 1.22. The number of alkyl halides is 3. The molecule has 0 aliphatic rings. The summed E-state index contributed by atoms with van der Waals surface area (Å²) in [5, 5.41) is 0. The number of terminal acetylenes is 1. The highest BCUT2D eigenvalue weighted by atomic mass is 19.4. The van der Waals surface area contributed by atoms with Crippen LogP contribution in [0.25, 0.3) is 0 Å². The molecule has 0 aromatic rings. The maximum absolute atomic E-state index is 11.8. The van der Waals surface area contributed by atoms with Crippen LogP contribution < -0.4 is 0 Å². The maximum Gasteiger partial charge on any atom is 0.406 e. The molecular formula is C8H8F3NO3. The zero-order chi connectivity index (χ0) is 12.1. The van der Waals surface area contributed by atoms with E-state index in [4.69, 9.17) is 6.42 Å². The van der Waals surface area contributed by atoms with E-state index in [9.17, 15) is 22.8 Å². The minimum Gasteiger partial charge on any atom is -0.445 e. The van der Waals surface area contributed by atoms with Gasteiger partial charge in [-0.05, 0) is 0 Å². The van der Waals surface area contributed by atoms with Crippen LogP contribution in [0.4, 0.5) is 13.2 Å². The minimum absolute atomic E-state index is 0.207. The minimum atomic E-state index is -4.56. The fourth-order valence-corrected chi connectivity index (χ4v) is 0.666. The molecule has 7 heteroatoms. The zero-order valence-electron chi connectivity index (χ0n) is 7.80. The predicted molar refractivity (Wildman–Crippen MR) is 43.5 cm³/mol. The Bertz CT molecular complexity index is 292. The zero-order valence-corrected chi connectivity index (χ0v) is 7.80. The van der Waals surface area contributed by atoms with Crippen LogP contribution in [0.2, 0.25) is 0 Å². The van der Waals surface area contributed by atoms with Crippen molar-refractivity contribution in [2.24, 2.45) is 0 Å². The van der Waals surface area contributed by atoms with Crippen molar-refractivity contribution in [3.05, 3.63) is 0 Å². The predicted octanol–water partition coefficient (Wildman–Crippen LogP) is 0.183. The van der Waals surface area contributed by atoms with E-state index in [1.807, 2.05) is 5.92 Å². The maximum atomic E-state index is 11.8. The molecule has 0 aliphatic carbocycles. The van der Waals surface area contributed by atoms with E-state index in [-0.39, 0.29) is 4.90 Å². The van der Waals surface area contributed by atoms with Gasteiger partial charge in [0.05, 0.1) is 0 Å². The van der Waals surface area contributed by atoms with Crippen molar-refractivity contribution in [3.63, 3.8) is 0 Å². The van der Waals surface area contributed by atoms with Gasteiger partial charge in [-0.25, -0.2) is 4.79 Å². The molecule has 0 aromatic heterocycles. The Morgan fingerprint density at radius 1 is 1.47 bits per heavy atom. The summed E-state index contributed by atoms with van der Waals surface area (Å²) in [5.41, 5.74) is 0. The van der Waals surface area contributed by atoms with Crippen LogP contribution in [0.3, 0.4) is 0 Å². The van der Waals surface area contributed by atoms with Gasteiger partial charge in [0.1, 0.15) is 6.54 Å². The van der Waals surface area contributed by atoms with Gasteiger partial charge >= 0.3 is 18.1 Å². The van der Waals surface area contributed by atoms with Crippen LogP contribution in [-0.2, 0) is 14.3 Å². The average molecular weight is 223 g/mol. The third-order valence-electron chi connectivity index (χ3n) is 1.22. The highest BCUT2D eigenvalue weighted by Crippen LogP contribution is 2.15. The summed E-state index contributed by atoms with van der Waals surface area (Å²) in [7, 11) is 0.840. The van der Waals surface area contributed by atoms with Crippen LogP contribution in [0.15, 0.2) is 0 Å². The Morgan fingerprint density at radius 3 is 2.40 bits per heavy atom. The van der Waals surface area contributed by atoms with Gasteiger partial charge in [-0.1, -0.05) is 5.92 Å². The normalized spacial score (nSPS) is 10.3. The summed E-state index contributed by atoms with van der Waals surface area (Å²) >= 11 is 0. The third kappa shape index (κ3) is 5.57. The molecule has 0 bridgehead atoms. The van der Waals surface area contributed by atoms with Gasteiger partial charge in [-0.2, -0.15) is 13.2 Å². The molecule has 4 nitrogen and oxygen atoms in total. The quantitative estimate of drug-likeness (QED) is 0.381. The molecule has 0 aliphatic heterocycles. The summed E-state index contributed by atoms with van der Waals surface area (Å²) in [4.78, 5) is 21.9.